The van der Waals surface area contributed by atoms with Gasteiger partial charge in [0.15, 0.2) is 11.4 Å². The Morgan fingerprint density at radius 3 is 2.59 bits per heavy atom. The van der Waals surface area contributed by atoms with E-state index in [9.17, 15) is 14.7 Å². The first kappa shape index (κ1) is 14.1. The van der Waals surface area contributed by atoms with Gasteiger partial charge in [0.1, 0.15) is 0 Å². The molecule has 1 saturated heterocycles. The Labute approximate surface area is 126 Å². The van der Waals surface area contributed by atoms with Crippen molar-refractivity contribution in [1.29, 1.82) is 0 Å². The Bertz CT molecular complexity index is 711. The minimum atomic E-state index is -0.908. The van der Waals surface area contributed by atoms with Crippen LogP contribution in [0.5, 0.6) is 5.75 Å². The number of carbonyl (C=O) groups excluding carboxylic acids is 1. The molecule has 1 atom stereocenters. The standard InChI is InChI=1S/C15H15N3O4/c19-12-9-18(11-4-2-1-3-5-11)16-13(12)14(20)17-7-6-10(8-17)15(21)22/h1-5,9-10,19H,6-8H2,(H,21,22)/t10-/m1/s1. The first-order chi connectivity index (χ1) is 10.6. The van der Waals surface area contributed by atoms with Gasteiger partial charge >= 0.3 is 5.97 Å². The van der Waals surface area contributed by atoms with E-state index < -0.39 is 17.8 Å². The number of amides is 1. The zero-order chi connectivity index (χ0) is 15.7. The van der Waals surface area contributed by atoms with E-state index in [0.717, 1.165) is 5.69 Å². The van der Waals surface area contributed by atoms with Gasteiger partial charge in [0.05, 0.1) is 17.8 Å². The van der Waals surface area contributed by atoms with Crippen molar-refractivity contribution < 1.29 is 19.8 Å². The number of para-hydroxylation sites is 1. The number of rotatable bonds is 3. The van der Waals surface area contributed by atoms with Gasteiger partial charge in [-0.15, -0.1) is 0 Å². The number of carbonyl (C=O) groups is 2. The normalized spacial score (nSPS) is 17.6. The number of aromatic nitrogens is 2. The van der Waals surface area contributed by atoms with Crippen molar-refractivity contribution in [3.63, 3.8) is 0 Å². The number of likely N-dealkylation sites (tertiary alicyclic amines) is 1. The quantitative estimate of drug-likeness (QED) is 0.886. The summed E-state index contributed by atoms with van der Waals surface area (Å²) in [5.74, 6) is -2.12. The predicted molar refractivity (Wildman–Crippen MR) is 76.9 cm³/mol. The molecule has 1 fully saturated rings. The zero-order valence-corrected chi connectivity index (χ0v) is 11.7. The summed E-state index contributed by atoms with van der Waals surface area (Å²) in [4.78, 5) is 24.7. The fourth-order valence-corrected chi connectivity index (χ4v) is 2.53. The van der Waals surface area contributed by atoms with Crippen molar-refractivity contribution in [3.05, 3.63) is 42.2 Å². The molecule has 0 aliphatic carbocycles. The molecular weight excluding hydrogens is 286 g/mol. The molecule has 0 bridgehead atoms. The van der Waals surface area contributed by atoms with Crippen LogP contribution in [0.15, 0.2) is 36.5 Å². The maximum Gasteiger partial charge on any atom is 0.308 e. The lowest BCUT2D eigenvalue weighted by atomic mass is 10.1. The summed E-state index contributed by atoms with van der Waals surface area (Å²) in [7, 11) is 0. The molecule has 0 saturated carbocycles. The smallest absolute Gasteiger partial charge is 0.308 e. The average molecular weight is 301 g/mol. The van der Waals surface area contributed by atoms with Crippen LogP contribution in [-0.2, 0) is 4.79 Å². The number of nitrogens with zero attached hydrogens (tertiary/aromatic N) is 3. The number of hydrogen-bond donors (Lipinski definition) is 2. The zero-order valence-electron chi connectivity index (χ0n) is 11.7. The van der Waals surface area contributed by atoms with Crippen molar-refractivity contribution in [3.8, 4) is 11.4 Å². The first-order valence-electron chi connectivity index (χ1n) is 6.92. The highest BCUT2D eigenvalue weighted by Crippen LogP contribution is 2.23. The molecule has 1 aromatic carbocycles. The van der Waals surface area contributed by atoms with Gasteiger partial charge in [0, 0.05) is 13.1 Å². The average Bonchev–Trinajstić information content (AvgIpc) is 3.14. The van der Waals surface area contributed by atoms with Crippen LogP contribution in [0.2, 0.25) is 0 Å². The maximum absolute atomic E-state index is 12.4. The largest absolute Gasteiger partial charge is 0.504 e. The molecule has 1 aliphatic rings. The third-order valence-corrected chi connectivity index (χ3v) is 3.74. The molecule has 2 N–H and O–H groups in total. The van der Waals surface area contributed by atoms with Crippen LogP contribution in [0.4, 0.5) is 0 Å². The van der Waals surface area contributed by atoms with E-state index in [4.69, 9.17) is 5.11 Å². The fourth-order valence-electron chi connectivity index (χ4n) is 2.53. The summed E-state index contributed by atoms with van der Waals surface area (Å²) in [5.41, 5.74) is 0.663. The van der Waals surface area contributed by atoms with Gasteiger partial charge in [-0.3, -0.25) is 9.59 Å². The molecule has 0 radical (unpaired) electrons. The lowest BCUT2D eigenvalue weighted by Crippen LogP contribution is -2.30. The van der Waals surface area contributed by atoms with Crippen LogP contribution in [-0.4, -0.2) is 49.9 Å². The van der Waals surface area contributed by atoms with Gasteiger partial charge in [-0.25, -0.2) is 4.68 Å². The number of aromatic hydroxyl groups is 1. The minimum absolute atomic E-state index is 0.0603. The van der Waals surface area contributed by atoms with Gasteiger partial charge in [0.25, 0.3) is 5.91 Å². The highest BCUT2D eigenvalue weighted by molar-refractivity contribution is 5.95. The van der Waals surface area contributed by atoms with Gasteiger partial charge in [-0.1, -0.05) is 18.2 Å². The molecule has 0 unspecified atom stereocenters. The van der Waals surface area contributed by atoms with E-state index in [0.29, 0.717) is 13.0 Å². The van der Waals surface area contributed by atoms with Gasteiger partial charge in [0.2, 0.25) is 0 Å². The van der Waals surface area contributed by atoms with Crippen molar-refractivity contribution >= 4 is 11.9 Å². The second-order valence-corrected chi connectivity index (χ2v) is 5.22. The van der Waals surface area contributed by atoms with Crippen LogP contribution < -0.4 is 0 Å². The van der Waals surface area contributed by atoms with Crippen LogP contribution in [0.25, 0.3) is 5.69 Å². The van der Waals surface area contributed by atoms with E-state index in [1.54, 1.807) is 12.1 Å². The molecule has 3 rings (SSSR count). The Hall–Kier alpha value is -2.83. The lowest BCUT2D eigenvalue weighted by Gasteiger charge is -2.14. The molecule has 0 spiro atoms. The Morgan fingerprint density at radius 1 is 1.23 bits per heavy atom. The molecule has 7 nitrogen and oxygen atoms in total. The highest BCUT2D eigenvalue weighted by atomic mass is 16.4. The molecule has 1 aromatic heterocycles. The molecule has 7 heteroatoms. The van der Waals surface area contributed by atoms with Crippen LogP contribution in [0.3, 0.4) is 0 Å². The van der Waals surface area contributed by atoms with E-state index in [1.165, 1.54) is 15.8 Å². The van der Waals surface area contributed by atoms with Crippen LogP contribution >= 0.6 is 0 Å². The van der Waals surface area contributed by atoms with Crippen molar-refractivity contribution in [1.82, 2.24) is 14.7 Å². The van der Waals surface area contributed by atoms with E-state index in [2.05, 4.69) is 5.10 Å². The summed E-state index contributed by atoms with van der Waals surface area (Å²) in [6, 6.07) is 9.12. The molecule has 2 aromatic rings. The number of carboxylic acid groups (broad SMARTS) is 1. The Kier molecular flexibility index (Phi) is 3.54. The van der Waals surface area contributed by atoms with Crippen molar-refractivity contribution in [2.75, 3.05) is 13.1 Å². The number of hydrogen-bond acceptors (Lipinski definition) is 4. The minimum Gasteiger partial charge on any atom is -0.504 e. The SMILES string of the molecule is O=C(O)[C@@H]1CCN(C(=O)c2nn(-c3ccccc3)cc2O)C1. The van der Waals surface area contributed by atoms with E-state index >= 15 is 0 Å². The second-order valence-electron chi connectivity index (χ2n) is 5.22. The summed E-state index contributed by atoms with van der Waals surface area (Å²) < 4.78 is 1.42. The first-order valence-corrected chi connectivity index (χ1v) is 6.92. The molecule has 1 amide bonds. The molecule has 22 heavy (non-hydrogen) atoms. The van der Waals surface area contributed by atoms with E-state index in [1.807, 2.05) is 18.2 Å². The summed E-state index contributed by atoms with van der Waals surface area (Å²) >= 11 is 0. The summed E-state index contributed by atoms with van der Waals surface area (Å²) in [5, 5.41) is 23.1. The van der Waals surface area contributed by atoms with E-state index in [-0.39, 0.29) is 18.0 Å². The predicted octanol–water partition coefficient (Wildman–Crippen LogP) is 1.12. The van der Waals surface area contributed by atoms with Crippen molar-refractivity contribution in [2.45, 2.75) is 6.42 Å². The summed E-state index contributed by atoms with van der Waals surface area (Å²) in [6.07, 6.45) is 1.79. The molecule has 1 aliphatic heterocycles. The third kappa shape index (κ3) is 2.52. The summed E-state index contributed by atoms with van der Waals surface area (Å²) in [6.45, 7) is 0.499. The van der Waals surface area contributed by atoms with Gasteiger partial charge < -0.3 is 15.1 Å². The Morgan fingerprint density at radius 2 is 1.95 bits per heavy atom. The topological polar surface area (TPSA) is 95.7 Å². The fraction of sp³-hybridized carbons (Fsp3) is 0.267. The monoisotopic (exact) mass is 301 g/mol. The second kappa shape index (κ2) is 5.51. The molecule has 114 valence electrons. The number of aliphatic carboxylic acids is 1. The highest BCUT2D eigenvalue weighted by Gasteiger charge is 2.33. The van der Waals surface area contributed by atoms with Crippen LogP contribution in [0.1, 0.15) is 16.9 Å². The third-order valence-electron chi connectivity index (χ3n) is 3.74. The number of benzene rings is 1. The molecule has 2 heterocycles. The Balaban J connectivity index is 1.82. The van der Waals surface area contributed by atoms with Gasteiger partial charge in [-0.05, 0) is 18.6 Å². The lowest BCUT2D eigenvalue weighted by molar-refractivity contribution is -0.141. The maximum atomic E-state index is 12.4. The van der Waals surface area contributed by atoms with Crippen LogP contribution in [0, 0.1) is 5.92 Å². The van der Waals surface area contributed by atoms with Crippen molar-refractivity contribution in [2.24, 2.45) is 5.92 Å². The molecular formula is C15H15N3O4. The van der Waals surface area contributed by atoms with Gasteiger partial charge in [-0.2, -0.15) is 5.10 Å². The number of carboxylic acids is 1.